The molecule has 0 radical (unpaired) electrons. The molecule has 2 N–H and O–H groups in total. The molecule has 17 heavy (non-hydrogen) atoms. The van der Waals surface area contributed by atoms with Gasteiger partial charge in [-0.1, -0.05) is 18.2 Å². The van der Waals surface area contributed by atoms with E-state index in [2.05, 4.69) is 5.32 Å². The maximum Gasteiger partial charge on any atom is 0.316 e. The van der Waals surface area contributed by atoms with E-state index >= 15 is 0 Å². The summed E-state index contributed by atoms with van der Waals surface area (Å²) in [6.45, 7) is 0. The first-order valence-corrected chi connectivity index (χ1v) is 5.29. The molecule has 0 spiro atoms. The summed E-state index contributed by atoms with van der Waals surface area (Å²) in [5.41, 5.74) is 0.812. The van der Waals surface area contributed by atoms with Gasteiger partial charge in [0.2, 0.25) is 5.91 Å². The molecule has 2 rings (SSSR count). The third-order valence-corrected chi connectivity index (χ3v) is 2.92. The van der Waals surface area contributed by atoms with Gasteiger partial charge in [0.15, 0.2) is 0 Å². The average molecular weight is 235 g/mol. The third-order valence-electron chi connectivity index (χ3n) is 2.92. The van der Waals surface area contributed by atoms with E-state index < -0.39 is 17.8 Å². The molecule has 0 saturated carbocycles. The lowest BCUT2D eigenvalue weighted by atomic mass is 9.99. The lowest BCUT2D eigenvalue weighted by molar-refractivity contribution is -0.145. The smallest absolute Gasteiger partial charge is 0.316 e. The van der Waals surface area contributed by atoms with Crippen molar-refractivity contribution in [3.05, 3.63) is 29.8 Å². The highest BCUT2D eigenvalue weighted by molar-refractivity contribution is 5.98. The summed E-state index contributed by atoms with van der Waals surface area (Å²) in [6.07, 6.45) is 0.258. The number of para-hydroxylation sites is 1. The molecule has 0 bridgehead atoms. The quantitative estimate of drug-likeness (QED) is 0.765. The van der Waals surface area contributed by atoms with Crippen molar-refractivity contribution in [2.24, 2.45) is 5.92 Å². The zero-order valence-electron chi connectivity index (χ0n) is 9.34. The summed E-state index contributed by atoms with van der Waals surface area (Å²) < 4.78 is 5.19. The van der Waals surface area contributed by atoms with Gasteiger partial charge in [-0.15, -0.1) is 0 Å². The van der Waals surface area contributed by atoms with Crippen LogP contribution in [0.3, 0.4) is 0 Å². The number of benzene rings is 1. The minimum Gasteiger partial charge on any atom is -0.496 e. The Bertz CT molecular complexity index is 458. The number of rotatable bonds is 3. The molecule has 1 aromatic carbocycles. The van der Waals surface area contributed by atoms with E-state index in [0.29, 0.717) is 5.75 Å². The van der Waals surface area contributed by atoms with Crippen molar-refractivity contribution in [3.8, 4) is 5.75 Å². The van der Waals surface area contributed by atoms with E-state index in [0.717, 1.165) is 5.56 Å². The van der Waals surface area contributed by atoms with Crippen molar-refractivity contribution in [2.45, 2.75) is 12.5 Å². The van der Waals surface area contributed by atoms with Crippen LogP contribution in [0.15, 0.2) is 24.3 Å². The van der Waals surface area contributed by atoms with Gasteiger partial charge in [0.05, 0.1) is 13.2 Å². The van der Waals surface area contributed by atoms with Crippen LogP contribution in [0.4, 0.5) is 0 Å². The fraction of sp³-hybridized carbons (Fsp3) is 0.333. The number of carbonyl (C=O) groups excluding carboxylic acids is 1. The Balaban J connectivity index is 2.25. The van der Waals surface area contributed by atoms with Gasteiger partial charge >= 0.3 is 5.97 Å². The SMILES string of the molecule is COc1ccccc1[C@H]1C[C@@H](C(=O)O)C(=O)N1. The van der Waals surface area contributed by atoms with E-state index in [9.17, 15) is 9.59 Å². The Labute approximate surface area is 98.4 Å². The van der Waals surface area contributed by atoms with Gasteiger partial charge in [-0.3, -0.25) is 9.59 Å². The first-order valence-electron chi connectivity index (χ1n) is 5.29. The second-order valence-electron chi connectivity index (χ2n) is 3.93. The first-order chi connectivity index (χ1) is 8.13. The third kappa shape index (κ3) is 2.08. The highest BCUT2D eigenvalue weighted by Crippen LogP contribution is 2.33. The molecule has 90 valence electrons. The van der Waals surface area contributed by atoms with Crippen molar-refractivity contribution in [1.82, 2.24) is 5.32 Å². The van der Waals surface area contributed by atoms with Crippen LogP contribution < -0.4 is 10.1 Å². The molecule has 0 unspecified atom stereocenters. The Morgan fingerprint density at radius 2 is 2.18 bits per heavy atom. The number of ether oxygens (including phenoxy) is 1. The van der Waals surface area contributed by atoms with Crippen molar-refractivity contribution in [1.29, 1.82) is 0 Å². The van der Waals surface area contributed by atoms with E-state index in [-0.39, 0.29) is 12.5 Å². The topological polar surface area (TPSA) is 75.6 Å². The number of methoxy groups -OCH3 is 1. The van der Waals surface area contributed by atoms with Crippen LogP contribution >= 0.6 is 0 Å². The summed E-state index contributed by atoms with van der Waals surface area (Å²) in [5.74, 6) is -1.83. The zero-order chi connectivity index (χ0) is 12.4. The molecular weight excluding hydrogens is 222 g/mol. The predicted molar refractivity (Wildman–Crippen MR) is 59.6 cm³/mol. The monoisotopic (exact) mass is 235 g/mol. The van der Waals surface area contributed by atoms with Gasteiger partial charge in [0, 0.05) is 5.56 Å². The fourth-order valence-corrected chi connectivity index (χ4v) is 2.05. The number of carbonyl (C=O) groups is 2. The maximum atomic E-state index is 11.5. The van der Waals surface area contributed by atoms with Crippen molar-refractivity contribution in [3.63, 3.8) is 0 Å². The number of aliphatic carboxylic acids is 1. The van der Waals surface area contributed by atoms with Gasteiger partial charge in [-0.25, -0.2) is 0 Å². The summed E-state index contributed by atoms with van der Waals surface area (Å²) in [6, 6.07) is 6.98. The maximum absolute atomic E-state index is 11.5. The normalized spacial score (nSPS) is 23.2. The molecule has 0 aliphatic carbocycles. The fourth-order valence-electron chi connectivity index (χ4n) is 2.05. The first kappa shape index (κ1) is 11.4. The van der Waals surface area contributed by atoms with Crippen LogP contribution in [0.25, 0.3) is 0 Å². The number of amides is 1. The predicted octanol–water partition coefficient (Wildman–Crippen LogP) is 0.957. The van der Waals surface area contributed by atoms with Crippen molar-refractivity contribution >= 4 is 11.9 Å². The molecule has 5 nitrogen and oxygen atoms in total. The summed E-state index contributed by atoms with van der Waals surface area (Å²) in [5, 5.41) is 11.6. The molecular formula is C12H13NO4. The molecule has 1 aliphatic rings. The Morgan fingerprint density at radius 3 is 2.76 bits per heavy atom. The van der Waals surface area contributed by atoms with Gasteiger partial charge in [-0.2, -0.15) is 0 Å². The molecule has 1 heterocycles. The van der Waals surface area contributed by atoms with E-state index in [4.69, 9.17) is 9.84 Å². The van der Waals surface area contributed by atoms with Crippen LogP contribution in [-0.2, 0) is 9.59 Å². The molecule has 1 saturated heterocycles. The highest BCUT2D eigenvalue weighted by Gasteiger charge is 2.38. The molecule has 1 fully saturated rings. The number of hydrogen-bond acceptors (Lipinski definition) is 3. The number of hydrogen-bond donors (Lipinski definition) is 2. The Hall–Kier alpha value is -2.04. The van der Waals surface area contributed by atoms with Crippen LogP contribution in [0.1, 0.15) is 18.0 Å². The number of nitrogens with one attached hydrogen (secondary N) is 1. The molecule has 0 aromatic heterocycles. The lowest BCUT2D eigenvalue weighted by Gasteiger charge is -2.14. The Kier molecular flexibility index (Phi) is 2.99. The summed E-state index contributed by atoms with van der Waals surface area (Å²) >= 11 is 0. The summed E-state index contributed by atoms with van der Waals surface area (Å²) in [7, 11) is 1.55. The minimum absolute atomic E-state index is 0.258. The Morgan fingerprint density at radius 1 is 1.47 bits per heavy atom. The second kappa shape index (κ2) is 4.45. The zero-order valence-corrected chi connectivity index (χ0v) is 9.34. The van der Waals surface area contributed by atoms with Gasteiger partial charge in [0.1, 0.15) is 11.7 Å². The highest BCUT2D eigenvalue weighted by atomic mass is 16.5. The van der Waals surface area contributed by atoms with E-state index in [1.165, 1.54) is 0 Å². The van der Waals surface area contributed by atoms with Crippen molar-refractivity contribution in [2.75, 3.05) is 7.11 Å². The average Bonchev–Trinajstić information content (AvgIpc) is 2.71. The van der Waals surface area contributed by atoms with E-state index in [1.54, 1.807) is 13.2 Å². The number of carboxylic acid groups (broad SMARTS) is 1. The van der Waals surface area contributed by atoms with Crippen LogP contribution in [0.5, 0.6) is 5.75 Å². The van der Waals surface area contributed by atoms with E-state index in [1.807, 2.05) is 18.2 Å². The standard InChI is InChI=1S/C12H13NO4/c1-17-10-5-3-2-4-7(10)9-6-8(12(15)16)11(14)13-9/h2-5,8-9H,6H2,1H3,(H,13,14)(H,15,16)/t8-,9-/m1/s1. The summed E-state index contributed by atoms with van der Waals surface area (Å²) in [4.78, 5) is 22.3. The molecule has 5 heteroatoms. The minimum atomic E-state index is -1.08. The molecule has 1 aromatic rings. The largest absolute Gasteiger partial charge is 0.496 e. The molecule has 2 atom stereocenters. The van der Waals surface area contributed by atoms with Gasteiger partial charge < -0.3 is 15.2 Å². The van der Waals surface area contributed by atoms with Crippen LogP contribution in [0, 0.1) is 5.92 Å². The molecule has 1 aliphatic heterocycles. The number of carboxylic acids is 1. The van der Waals surface area contributed by atoms with Crippen LogP contribution in [0.2, 0.25) is 0 Å². The van der Waals surface area contributed by atoms with Crippen LogP contribution in [-0.4, -0.2) is 24.1 Å². The van der Waals surface area contributed by atoms with Crippen molar-refractivity contribution < 1.29 is 19.4 Å². The van der Waals surface area contributed by atoms with Gasteiger partial charge in [0.25, 0.3) is 0 Å². The lowest BCUT2D eigenvalue weighted by Crippen LogP contribution is -2.25. The second-order valence-corrected chi connectivity index (χ2v) is 3.93. The molecule has 1 amide bonds. The van der Waals surface area contributed by atoms with Gasteiger partial charge in [-0.05, 0) is 12.5 Å².